The summed E-state index contributed by atoms with van der Waals surface area (Å²) >= 11 is 5.40. The van der Waals surface area contributed by atoms with Crippen molar-refractivity contribution in [3.8, 4) is 0 Å². The van der Waals surface area contributed by atoms with Gasteiger partial charge in [0.2, 0.25) is 0 Å². The van der Waals surface area contributed by atoms with Gasteiger partial charge in [0.05, 0.1) is 6.10 Å². The Bertz CT molecular complexity index is 584. The molecule has 2 unspecified atom stereocenters. The van der Waals surface area contributed by atoms with E-state index in [9.17, 15) is 5.11 Å². The summed E-state index contributed by atoms with van der Waals surface area (Å²) in [6.07, 6.45) is 0.371. The number of benzene rings is 2. The van der Waals surface area contributed by atoms with Gasteiger partial charge < -0.3 is 5.11 Å². The second-order valence-corrected chi connectivity index (χ2v) is 6.73. The molecular weight excluding hydrogens is 320 g/mol. The zero-order valence-corrected chi connectivity index (χ0v) is 12.8. The Morgan fingerprint density at radius 1 is 1.16 bits per heavy atom. The number of aliphatic hydroxyl groups excluding tert-OH is 1. The molecule has 0 saturated carbocycles. The molecule has 0 aromatic heterocycles. The van der Waals surface area contributed by atoms with Crippen LogP contribution in [0.3, 0.4) is 0 Å². The number of rotatable bonds is 3. The average molecular weight is 335 g/mol. The van der Waals surface area contributed by atoms with E-state index in [-0.39, 0.29) is 12.0 Å². The fraction of sp³-hybridized carbons (Fsp3) is 0.250. The van der Waals surface area contributed by atoms with E-state index in [2.05, 4.69) is 46.3 Å². The predicted octanol–water partition coefficient (Wildman–Crippen LogP) is 4.24. The monoisotopic (exact) mass is 334 g/mol. The molecule has 98 valence electrons. The molecule has 1 aliphatic heterocycles. The predicted molar refractivity (Wildman–Crippen MR) is 83.8 cm³/mol. The van der Waals surface area contributed by atoms with Crippen molar-refractivity contribution in [1.82, 2.24) is 0 Å². The highest BCUT2D eigenvalue weighted by molar-refractivity contribution is 9.10. The molecule has 0 spiro atoms. The van der Waals surface area contributed by atoms with Gasteiger partial charge in [0, 0.05) is 27.5 Å². The lowest BCUT2D eigenvalue weighted by atomic mass is 9.91. The van der Waals surface area contributed by atoms with Crippen molar-refractivity contribution in [2.45, 2.75) is 23.3 Å². The van der Waals surface area contributed by atoms with E-state index in [1.807, 2.05) is 30.0 Å². The standard InChI is InChI=1S/C16H15BrOS/c17-14-7-3-1-5-11(14)9-15(18)13-10-19-16-8-4-2-6-12(13)16/h1-8,13,15,18H,9-10H2. The SMILES string of the molecule is OC(Cc1ccccc1Br)C1CSc2ccccc21. The Hall–Kier alpha value is -0.770. The van der Waals surface area contributed by atoms with E-state index in [0.717, 1.165) is 10.2 Å². The van der Waals surface area contributed by atoms with E-state index in [1.54, 1.807) is 0 Å². The maximum atomic E-state index is 10.5. The quantitative estimate of drug-likeness (QED) is 0.905. The van der Waals surface area contributed by atoms with Crippen molar-refractivity contribution in [2.24, 2.45) is 0 Å². The highest BCUT2D eigenvalue weighted by Gasteiger charge is 2.29. The summed E-state index contributed by atoms with van der Waals surface area (Å²) in [6.45, 7) is 0. The average Bonchev–Trinajstić information content (AvgIpc) is 2.85. The minimum absolute atomic E-state index is 0.244. The highest BCUT2D eigenvalue weighted by atomic mass is 79.9. The molecule has 1 nitrogen and oxygen atoms in total. The van der Waals surface area contributed by atoms with Crippen molar-refractivity contribution in [2.75, 3.05) is 5.75 Å². The molecule has 0 aliphatic carbocycles. The summed E-state index contributed by atoms with van der Waals surface area (Å²) in [4.78, 5) is 1.32. The van der Waals surface area contributed by atoms with Crippen molar-refractivity contribution >= 4 is 27.7 Å². The number of thioether (sulfide) groups is 1. The van der Waals surface area contributed by atoms with Crippen LogP contribution in [0.2, 0.25) is 0 Å². The fourth-order valence-electron chi connectivity index (χ4n) is 2.54. The van der Waals surface area contributed by atoms with Crippen LogP contribution in [-0.4, -0.2) is 17.0 Å². The third-order valence-corrected chi connectivity index (χ3v) is 5.57. The van der Waals surface area contributed by atoms with Crippen LogP contribution < -0.4 is 0 Å². The fourth-order valence-corrected chi connectivity index (χ4v) is 4.31. The molecule has 1 N–H and O–H groups in total. The molecule has 1 heterocycles. The molecule has 0 saturated heterocycles. The molecule has 0 radical (unpaired) electrons. The Balaban J connectivity index is 1.79. The van der Waals surface area contributed by atoms with Crippen LogP contribution in [0.25, 0.3) is 0 Å². The van der Waals surface area contributed by atoms with Gasteiger partial charge in [-0.3, -0.25) is 0 Å². The smallest absolute Gasteiger partial charge is 0.0657 e. The minimum Gasteiger partial charge on any atom is -0.392 e. The number of hydrogen-bond donors (Lipinski definition) is 1. The maximum Gasteiger partial charge on any atom is 0.0657 e. The summed E-state index contributed by atoms with van der Waals surface area (Å²) in [7, 11) is 0. The van der Waals surface area contributed by atoms with E-state index in [4.69, 9.17) is 0 Å². The first-order chi connectivity index (χ1) is 9.25. The van der Waals surface area contributed by atoms with Gasteiger partial charge in [0.1, 0.15) is 0 Å². The molecule has 3 rings (SSSR count). The lowest BCUT2D eigenvalue weighted by Gasteiger charge is -2.19. The highest BCUT2D eigenvalue weighted by Crippen LogP contribution is 2.41. The third-order valence-electron chi connectivity index (χ3n) is 3.59. The van der Waals surface area contributed by atoms with Gasteiger partial charge in [-0.2, -0.15) is 0 Å². The molecule has 0 fully saturated rings. The lowest BCUT2D eigenvalue weighted by molar-refractivity contribution is 0.151. The Labute approximate surface area is 126 Å². The Kier molecular flexibility index (Phi) is 3.96. The summed E-state index contributed by atoms with van der Waals surface area (Å²) in [5.41, 5.74) is 2.47. The Morgan fingerprint density at radius 2 is 1.89 bits per heavy atom. The number of aliphatic hydroxyl groups is 1. The van der Waals surface area contributed by atoms with Gasteiger partial charge in [-0.25, -0.2) is 0 Å². The minimum atomic E-state index is -0.324. The molecule has 2 atom stereocenters. The summed E-state index contributed by atoms with van der Waals surface area (Å²) in [6, 6.07) is 16.5. The van der Waals surface area contributed by atoms with Crippen LogP contribution in [0.15, 0.2) is 57.9 Å². The van der Waals surface area contributed by atoms with Crippen LogP contribution >= 0.6 is 27.7 Å². The van der Waals surface area contributed by atoms with Gasteiger partial charge in [-0.05, 0) is 23.3 Å². The number of halogens is 1. The van der Waals surface area contributed by atoms with E-state index in [1.165, 1.54) is 16.0 Å². The van der Waals surface area contributed by atoms with E-state index < -0.39 is 0 Å². The molecule has 0 amide bonds. The topological polar surface area (TPSA) is 20.2 Å². The number of hydrogen-bond acceptors (Lipinski definition) is 2. The normalized spacial score (nSPS) is 19.2. The van der Waals surface area contributed by atoms with Gasteiger partial charge in [-0.1, -0.05) is 52.3 Å². The van der Waals surface area contributed by atoms with E-state index in [0.29, 0.717) is 6.42 Å². The Morgan fingerprint density at radius 3 is 2.74 bits per heavy atom. The summed E-state index contributed by atoms with van der Waals surface area (Å²) < 4.78 is 1.08. The molecular formula is C16H15BrOS. The van der Waals surface area contributed by atoms with Crippen molar-refractivity contribution in [3.05, 3.63) is 64.1 Å². The third kappa shape index (κ3) is 2.73. The first-order valence-corrected chi connectivity index (χ1v) is 8.17. The molecule has 1 aliphatic rings. The second kappa shape index (κ2) is 5.70. The van der Waals surface area contributed by atoms with Crippen molar-refractivity contribution in [3.63, 3.8) is 0 Å². The van der Waals surface area contributed by atoms with Crippen LogP contribution in [-0.2, 0) is 6.42 Å². The molecule has 19 heavy (non-hydrogen) atoms. The van der Waals surface area contributed by atoms with Crippen LogP contribution in [0, 0.1) is 0 Å². The van der Waals surface area contributed by atoms with Gasteiger partial charge in [0.15, 0.2) is 0 Å². The molecule has 2 aromatic rings. The zero-order valence-electron chi connectivity index (χ0n) is 10.4. The van der Waals surface area contributed by atoms with Gasteiger partial charge >= 0.3 is 0 Å². The van der Waals surface area contributed by atoms with Gasteiger partial charge in [-0.15, -0.1) is 11.8 Å². The molecule has 3 heteroatoms. The second-order valence-electron chi connectivity index (χ2n) is 4.82. The van der Waals surface area contributed by atoms with Crippen molar-refractivity contribution in [1.29, 1.82) is 0 Å². The summed E-state index contributed by atoms with van der Waals surface area (Å²) in [5.74, 6) is 1.22. The van der Waals surface area contributed by atoms with Crippen LogP contribution in [0.5, 0.6) is 0 Å². The van der Waals surface area contributed by atoms with Gasteiger partial charge in [0.25, 0.3) is 0 Å². The first-order valence-electron chi connectivity index (χ1n) is 6.39. The largest absolute Gasteiger partial charge is 0.392 e. The maximum absolute atomic E-state index is 10.5. The zero-order chi connectivity index (χ0) is 13.2. The number of fused-ring (bicyclic) bond motifs is 1. The first kappa shape index (κ1) is 13.2. The summed E-state index contributed by atoms with van der Waals surface area (Å²) in [5, 5.41) is 10.5. The lowest BCUT2D eigenvalue weighted by Crippen LogP contribution is -2.21. The van der Waals surface area contributed by atoms with Crippen LogP contribution in [0.4, 0.5) is 0 Å². The van der Waals surface area contributed by atoms with Crippen LogP contribution in [0.1, 0.15) is 17.0 Å². The van der Waals surface area contributed by atoms with E-state index >= 15 is 0 Å². The van der Waals surface area contributed by atoms with Crippen molar-refractivity contribution < 1.29 is 5.11 Å². The molecule has 2 aromatic carbocycles. The molecule has 0 bridgehead atoms.